The summed E-state index contributed by atoms with van der Waals surface area (Å²) in [5, 5.41) is 0. The molecule has 0 unspecified atom stereocenters. The molecule has 0 radical (unpaired) electrons. The molecule has 210 valence electrons. The fourth-order valence-corrected chi connectivity index (χ4v) is 1.95. The number of aromatic nitrogens is 4. The zero-order chi connectivity index (χ0) is 28.2. The molecule has 0 amide bonds. The van der Waals surface area contributed by atoms with Crippen molar-refractivity contribution in [2.24, 2.45) is 14.1 Å². The third-order valence-corrected chi connectivity index (χ3v) is 4.04. The number of imidazole rings is 2. The number of alkyl halides is 3. The van der Waals surface area contributed by atoms with Gasteiger partial charge < -0.3 is 4.55 Å². The molecule has 0 atom stereocenters. The van der Waals surface area contributed by atoms with Crippen molar-refractivity contribution in [2.45, 2.75) is 58.1 Å². The second kappa shape index (κ2) is 12.9. The molecule has 2 aromatic rings. The van der Waals surface area contributed by atoms with E-state index < -0.39 is 23.4 Å². The van der Waals surface area contributed by atoms with Gasteiger partial charge in [-0.05, 0) is 12.8 Å². The summed E-state index contributed by atoms with van der Waals surface area (Å²) < 4.78 is 127. The quantitative estimate of drug-likeness (QED) is 0.148. The van der Waals surface area contributed by atoms with Crippen molar-refractivity contribution < 1.29 is 60.5 Å². The molecule has 0 fully saturated rings. The summed E-state index contributed by atoms with van der Waals surface area (Å²) >= 11 is 0. The summed E-state index contributed by atoms with van der Waals surface area (Å²) in [6, 6.07) is 0. The molecule has 35 heavy (non-hydrogen) atoms. The van der Waals surface area contributed by atoms with E-state index in [1.165, 1.54) is 25.7 Å². The predicted octanol–water partition coefficient (Wildman–Crippen LogP) is 5.66. The molecular formula is C17H30F9N4O3PS. The molecule has 7 nitrogen and oxygen atoms in total. The molecule has 0 spiro atoms. The fourth-order valence-electron chi connectivity index (χ4n) is 1.95. The van der Waals surface area contributed by atoms with Gasteiger partial charge in [0.05, 0.1) is 27.2 Å². The maximum absolute atomic E-state index is 10.7. The zero-order valence-corrected chi connectivity index (χ0v) is 21.2. The van der Waals surface area contributed by atoms with Crippen molar-refractivity contribution in [3.63, 3.8) is 0 Å². The SMILES string of the molecule is CCCCn1cc[n+](C)c1.CCCCn1cc[n+](C)c1.F[P-](F)(F)(F)(F)F.O=S(=O)([O-])C(F)(F)F. The van der Waals surface area contributed by atoms with E-state index in [0.29, 0.717) is 0 Å². The van der Waals surface area contributed by atoms with Gasteiger partial charge in [0.25, 0.3) is 0 Å². The van der Waals surface area contributed by atoms with Crippen LogP contribution < -0.4 is 9.13 Å². The van der Waals surface area contributed by atoms with E-state index in [0.717, 1.165) is 13.1 Å². The molecule has 0 saturated carbocycles. The Morgan fingerprint density at radius 3 is 1.20 bits per heavy atom. The molecule has 2 heterocycles. The van der Waals surface area contributed by atoms with E-state index in [-0.39, 0.29) is 0 Å². The van der Waals surface area contributed by atoms with Gasteiger partial charge in [-0.15, -0.1) is 0 Å². The van der Waals surface area contributed by atoms with Crippen LogP contribution in [-0.4, -0.2) is 27.6 Å². The van der Waals surface area contributed by atoms with Crippen molar-refractivity contribution in [3.8, 4) is 0 Å². The first kappa shape index (κ1) is 35.3. The average Bonchev–Trinajstić information content (AvgIpc) is 3.23. The molecule has 2 rings (SSSR count). The Kier molecular flexibility index (Phi) is 13.0. The molecule has 0 N–H and O–H groups in total. The summed E-state index contributed by atoms with van der Waals surface area (Å²) in [5.41, 5.74) is -5.65. The minimum atomic E-state index is -10.7. The van der Waals surface area contributed by atoms with E-state index in [1.807, 2.05) is 14.1 Å². The first-order valence-electron chi connectivity index (χ1n) is 9.96. The summed E-state index contributed by atoms with van der Waals surface area (Å²) in [4.78, 5) is 0. The number of unbranched alkanes of at least 4 members (excludes halogenated alkanes) is 2. The second-order valence-corrected chi connectivity index (χ2v) is 10.5. The van der Waals surface area contributed by atoms with Crippen LogP contribution >= 0.6 is 7.81 Å². The van der Waals surface area contributed by atoms with Crippen LogP contribution in [0.15, 0.2) is 37.4 Å². The number of rotatable bonds is 6. The summed E-state index contributed by atoms with van der Waals surface area (Å²) in [6.45, 7) is 6.72. The van der Waals surface area contributed by atoms with Crippen molar-refractivity contribution in [1.82, 2.24) is 9.13 Å². The topological polar surface area (TPSA) is 74.8 Å². The number of aryl methyl sites for hydroxylation is 4. The van der Waals surface area contributed by atoms with Crippen molar-refractivity contribution in [2.75, 3.05) is 0 Å². The first-order chi connectivity index (χ1) is 15.4. The van der Waals surface area contributed by atoms with Gasteiger partial charge in [0.2, 0.25) is 12.7 Å². The number of nitrogens with zero attached hydrogens (tertiary/aromatic N) is 4. The van der Waals surface area contributed by atoms with Crippen LogP contribution in [-0.2, 0) is 37.3 Å². The van der Waals surface area contributed by atoms with Gasteiger partial charge in [-0.3, -0.25) is 0 Å². The van der Waals surface area contributed by atoms with E-state index in [9.17, 15) is 38.4 Å². The van der Waals surface area contributed by atoms with Gasteiger partial charge in [-0.2, -0.15) is 13.2 Å². The average molecular weight is 572 g/mol. The van der Waals surface area contributed by atoms with Gasteiger partial charge in [0.15, 0.2) is 10.1 Å². The van der Waals surface area contributed by atoms with Crippen LogP contribution in [0.5, 0.6) is 0 Å². The standard InChI is InChI=1S/2C8H15N2.CHF3O3S.F6P/c2*1-3-4-5-10-7-6-9(2)8-10;2-1(3,4)8(5,6)7;1-7(2,3,4,5)6/h2*6-8H,3-5H2,1-2H3;(H,5,6,7);/q2*+1;;-1/p-1. The predicted molar refractivity (Wildman–Crippen MR) is 110 cm³/mol. The molecular weight excluding hydrogens is 542 g/mol. The maximum atomic E-state index is 10.7. The molecule has 0 aromatic carbocycles. The normalized spacial score (nSPS) is 13.7. The zero-order valence-electron chi connectivity index (χ0n) is 19.5. The summed E-state index contributed by atoms with van der Waals surface area (Å²) in [5.74, 6) is 0. The molecule has 18 heteroatoms. The molecule has 2 aromatic heterocycles. The second-order valence-electron chi connectivity index (χ2n) is 7.20. The van der Waals surface area contributed by atoms with Gasteiger partial charge in [0, 0.05) is 0 Å². The third kappa shape index (κ3) is 26.6. The van der Waals surface area contributed by atoms with Gasteiger partial charge >= 0.3 is 38.5 Å². The molecule has 0 bridgehead atoms. The Balaban J connectivity index is 0. The smallest absolute Gasteiger partial charge is 0.485 e. The largest absolute Gasteiger partial charge is 0.741 e. The Morgan fingerprint density at radius 1 is 0.800 bits per heavy atom. The van der Waals surface area contributed by atoms with E-state index in [1.54, 1.807) is 0 Å². The number of hydrogen-bond donors (Lipinski definition) is 0. The number of hydrogen-bond acceptors (Lipinski definition) is 3. The minimum Gasteiger partial charge on any atom is -0.741 e. The van der Waals surface area contributed by atoms with E-state index in [2.05, 4.69) is 69.6 Å². The Bertz CT molecular complexity index is 918. The van der Waals surface area contributed by atoms with Crippen LogP contribution in [0.1, 0.15) is 39.5 Å². The minimum absolute atomic E-state index is 1.15. The Morgan fingerprint density at radius 2 is 1.06 bits per heavy atom. The van der Waals surface area contributed by atoms with Gasteiger partial charge in [-0.1, -0.05) is 26.7 Å². The first-order valence-corrected chi connectivity index (χ1v) is 13.4. The van der Waals surface area contributed by atoms with Gasteiger partial charge in [0.1, 0.15) is 24.8 Å². The van der Waals surface area contributed by atoms with Crippen molar-refractivity contribution >= 4 is 17.9 Å². The van der Waals surface area contributed by atoms with E-state index in [4.69, 9.17) is 13.0 Å². The van der Waals surface area contributed by atoms with Crippen LogP contribution in [0.3, 0.4) is 0 Å². The van der Waals surface area contributed by atoms with Crippen LogP contribution in [0.2, 0.25) is 0 Å². The van der Waals surface area contributed by atoms with E-state index >= 15 is 0 Å². The molecule has 0 aliphatic rings. The molecule has 0 saturated heterocycles. The van der Waals surface area contributed by atoms with Crippen LogP contribution in [0.25, 0.3) is 0 Å². The van der Waals surface area contributed by atoms with Crippen LogP contribution in [0, 0.1) is 0 Å². The maximum Gasteiger partial charge on any atom is 0.485 e. The summed E-state index contributed by atoms with van der Waals surface area (Å²) in [7, 11) is -12.7. The third-order valence-electron chi connectivity index (χ3n) is 3.47. The van der Waals surface area contributed by atoms with Crippen LogP contribution in [0.4, 0.5) is 38.4 Å². The molecule has 0 aliphatic heterocycles. The molecule has 0 aliphatic carbocycles. The summed E-state index contributed by atoms with van der Waals surface area (Å²) in [6.07, 6.45) is 17.6. The monoisotopic (exact) mass is 572 g/mol. The number of halogens is 9. The van der Waals surface area contributed by atoms with Gasteiger partial charge in [-0.25, -0.2) is 26.7 Å². The Hall–Kier alpha value is -1.87. The van der Waals surface area contributed by atoms with Crippen molar-refractivity contribution in [3.05, 3.63) is 37.4 Å². The fraction of sp³-hybridized carbons (Fsp3) is 0.647. The Labute approximate surface area is 197 Å². The van der Waals surface area contributed by atoms with Crippen molar-refractivity contribution in [1.29, 1.82) is 0 Å².